The van der Waals surface area contributed by atoms with Crippen LogP contribution >= 0.6 is 12.2 Å². The summed E-state index contributed by atoms with van der Waals surface area (Å²) < 4.78 is 13.5. The first-order valence-corrected chi connectivity index (χ1v) is 6.38. The molecule has 1 N–H and O–H groups in total. The van der Waals surface area contributed by atoms with Gasteiger partial charge in [-0.25, -0.2) is 0 Å². The Balaban J connectivity index is 2.20. The second-order valence-corrected chi connectivity index (χ2v) is 4.84. The highest BCUT2D eigenvalue weighted by molar-refractivity contribution is 7.71. The maximum atomic E-state index is 5.61. The molecular formula is C12H15N3O2S. The fraction of sp³-hybridized carbons (Fsp3) is 0.500. The molecule has 5 nitrogen and oxygen atoms in total. The van der Waals surface area contributed by atoms with Crippen LogP contribution in [0.15, 0.2) is 12.1 Å². The highest BCUT2D eigenvalue weighted by atomic mass is 32.1. The number of fused-ring (bicyclic) bond motifs is 1. The summed E-state index contributed by atoms with van der Waals surface area (Å²) in [5, 5.41) is 0. The van der Waals surface area contributed by atoms with Crippen LogP contribution in [-0.4, -0.2) is 34.4 Å². The molecule has 1 saturated heterocycles. The van der Waals surface area contributed by atoms with Crippen LogP contribution in [-0.2, 0) is 4.74 Å². The molecule has 2 unspecified atom stereocenters. The molecule has 0 aliphatic carbocycles. The summed E-state index contributed by atoms with van der Waals surface area (Å²) in [7, 11) is 1.61. The third-order valence-electron chi connectivity index (χ3n) is 3.42. The number of nitrogens with one attached hydrogen (secondary N) is 1. The average molecular weight is 265 g/mol. The lowest BCUT2D eigenvalue weighted by molar-refractivity contribution is 0.108. The van der Waals surface area contributed by atoms with Crippen molar-refractivity contribution in [1.82, 2.24) is 14.5 Å². The molecule has 2 aromatic heterocycles. The van der Waals surface area contributed by atoms with Gasteiger partial charge in [-0.05, 0) is 31.6 Å². The lowest BCUT2D eigenvalue weighted by atomic mass is 10.1. The normalized spacial score (nSPS) is 23.7. The Morgan fingerprint density at radius 2 is 2.39 bits per heavy atom. The van der Waals surface area contributed by atoms with Gasteiger partial charge in [0.1, 0.15) is 0 Å². The van der Waals surface area contributed by atoms with Crippen LogP contribution in [0.3, 0.4) is 0 Å². The minimum atomic E-state index is 0.156. The van der Waals surface area contributed by atoms with E-state index in [2.05, 4.69) is 16.9 Å². The average Bonchev–Trinajstić information content (AvgIpc) is 2.90. The highest BCUT2D eigenvalue weighted by Crippen LogP contribution is 2.29. The number of imidazole rings is 1. The molecule has 3 rings (SSSR count). The number of aromatic amines is 1. The van der Waals surface area contributed by atoms with Crippen molar-refractivity contribution in [2.24, 2.45) is 0 Å². The van der Waals surface area contributed by atoms with Gasteiger partial charge < -0.3 is 14.5 Å². The number of aromatic nitrogens is 3. The first kappa shape index (κ1) is 11.7. The van der Waals surface area contributed by atoms with Crippen LogP contribution in [0.5, 0.6) is 5.88 Å². The van der Waals surface area contributed by atoms with Crippen LogP contribution in [0.25, 0.3) is 11.2 Å². The monoisotopic (exact) mass is 265 g/mol. The lowest BCUT2D eigenvalue weighted by Gasteiger charge is -2.16. The Kier molecular flexibility index (Phi) is 2.83. The van der Waals surface area contributed by atoms with Crippen LogP contribution in [0, 0.1) is 4.77 Å². The molecule has 3 heterocycles. The Bertz CT molecular complexity index is 634. The quantitative estimate of drug-likeness (QED) is 0.847. The van der Waals surface area contributed by atoms with Gasteiger partial charge in [-0.15, -0.1) is 0 Å². The molecule has 96 valence electrons. The van der Waals surface area contributed by atoms with Gasteiger partial charge in [-0.2, -0.15) is 4.98 Å². The van der Waals surface area contributed by atoms with Gasteiger partial charge in [0.2, 0.25) is 5.88 Å². The molecule has 1 fully saturated rings. The summed E-state index contributed by atoms with van der Waals surface area (Å²) in [6.07, 6.45) is 1.12. The number of H-pyrrole nitrogens is 1. The van der Waals surface area contributed by atoms with Gasteiger partial charge in [0.25, 0.3) is 0 Å². The van der Waals surface area contributed by atoms with E-state index < -0.39 is 0 Å². The molecule has 2 atom stereocenters. The second-order valence-electron chi connectivity index (χ2n) is 4.46. The van der Waals surface area contributed by atoms with Crippen molar-refractivity contribution >= 4 is 23.4 Å². The maximum absolute atomic E-state index is 5.61. The van der Waals surface area contributed by atoms with Crippen molar-refractivity contribution in [2.45, 2.75) is 25.5 Å². The number of nitrogens with zero attached hydrogens (tertiary/aromatic N) is 2. The van der Waals surface area contributed by atoms with E-state index >= 15 is 0 Å². The SMILES string of the molecule is COc1ccc2[nH]c(=S)n(C3CCOC3C)c2n1. The van der Waals surface area contributed by atoms with E-state index in [0.717, 1.165) is 24.2 Å². The first-order valence-electron chi connectivity index (χ1n) is 5.97. The third-order valence-corrected chi connectivity index (χ3v) is 3.71. The van der Waals surface area contributed by atoms with E-state index in [-0.39, 0.29) is 12.1 Å². The Morgan fingerprint density at radius 3 is 3.06 bits per heavy atom. The van der Waals surface area contributed by atoms with E-state index in [0.29, 0.717) is 10.7 Å². The number of hydrogen-bond donors (Lipinski definition) is 1. The van der Waals surface area contributed by atoms with Crippen molar-refractivity contribution < 1.29 is 9.47 Å². The van der Waals surface area contributed by atoms with Gasteiger partial charge in [0.15, 0.2) is 10.4 Å². The van der Waals surface area contributed by atoms with Crippen LogP contribution in [0.2, 0.25) is 0 Å². The fourth-order valence-corrected chi connectivity index (χ4v) is 2.80. The molecule has 0 spiro atoms. The number of ether oxygens (including phenoxy) is 2. The van der Waals surface area contributed by atoms with Gasteiger partial charge in [0, 0.05) is 12.7 Å². The highest BCUT2D eigenvalue weighted by Gasteiger charge is 2.28. The van der Waals surface area contributed by atoms with Gasteiger partial charge in [0.05, 0.1) is 24.8 Å². The van der Waals surface area contributed by atoms with Crippen molar-refractivity contribution in [3.8, 4) is 5.88 Å². The molecule has 18 heavy (non-hydrogen) atoms. The van der Waals surface area contributed by atoms with Gasteiger partial charge in [-0.1, -0.05) is 0 Å². The molecule has 0 amide bonds. The summed E-state index contributed by atoms with van der Waals surface area (Å²) in [6, 6.07) is 4.01. The van der Waals surface area contributed by atoms with Crippen LogP contribution in [0.1, 0.15) is 19.4 Å². The molecule has 1 aliphatic rings. The molecular weight excluding hydrogens is 250 g/mol. The molecule has 0 saturated carbocycles. The molecule has 6 heteroatoms. The second kappa shape index (κ2) is 4.37. The summed E-state index contributed by atoms with van der Waals surface area (Å²) in [6.45, 7) is 2.84. The predicted octanol–water partition coefficient (Wildman–Crippen LogP) is 2.45. The van der Waals surface area contributed by atoms with E-state index in [4.69, 9.17) is 21.7 Å². The van der Waals surface area contributed by atoms with Crippen molar-refractivity contribution in [2.75, 3.05) is 13.7 Å². The topological polar surface area (TPSA) is 52.1 Å². The van der Waals surface area contributed by atoms with Crippen LogP contribution < -0.4 is 4.74 Å². The largest absolute Gasteiger partial charge is 0.481 e. The zero-order chi connectivity index (χ0) is 12.7. The van der Waals surface area contributed by atoms with E-state index in [1.54, 1.807) is 7.11 Å². The fourth-order valence-electron chi connectivity index (χ4n) is 2.46. The Hall–Kier alpha value is -1.40. The van der Waals surface area contributed by atoms with Crippen molar-refractivity contribution in [3.63, 3.8) is 0 Å². The zero-order valence-corrected chi connectivity index (χ0v) is 11.2. The molecule has 0 radical (unpaired) electrons. The van der Waals surface area contributed by atoms with Crippen LogP contribution in [0.4, 0.5) is 0 Å². The Labute approximate surface area is 110 Å². The van der Waals surface area contributed by atoms with E-state index in [1.807, 2.05) is 16.7 Å². The first-order chi connectivity index (χ1) is 8.70. The molecule has 0 bridgehead atoms. The predicted molar refractivity (Wildman–Crippen MR) is 70.5 cm³/mol. The molecule has 1 aliphatic heterocycles. The summed E-state index contributed by atoms with van der Waals surface area (Å²) in [5.41, 5.74) is 1.77. The Morgan fingerprint density at radius 1 is 1.56 bits per heavy atom. The maximum Gasteiger partial charge on any atom is 0.215 e. The molecule has 0 aromatic carbocycles. The minimum absolute atomic E-state index is 0.156. The standard InChI is InChI=1S/C12H15N3O2S/c1-7-9(5-6-17-7)15-11-8(13-12(15)18)3-4-10(14-11)16-2/h3-4,7,9H,5-6H2,1-2H3,(H,13,18). The number of rotatable bonds is 2. The molecule has 2 aromatic rings. The number of methoxy groups -OCH3 is 1. The minimum Gasteiger partial charge on any atom is -0.481 e. The third kappa shape index (κ3) is 1.72. The van der Waals surface area contributed by atoms with Crippen molar-refractivity contribution in [3.05, 3.63) is 16.9 Å². The van der Waals surface area contributed by atoms with Crippen molar-refractivity contribution in [1.29, 1.82) is 0 Å². The summed E-state index contributed by atoms with van der Waals surface area (Å²) in [5.74, 6) is 0.594. The van der Waals surface area contributed by atoms with Gasteiger partial charge in [-0.3, -0.25) is 4.57 Å². The van der Waals surface area contributed by atoms with E-state index in [1.165, 1.54) is 0 Å². The summed E-state index contributed by atoms with van der Waals surface area (Å²) in [4.78, 5) is 7.66. The van der Waals surface area contributed by atoms with E-state index in [9.17, 15) is 0 Å². The smallest absolute Gasteiger partial charge is 0.215 e. The number of pyridine rings is 1. The lowest BCUT2D eigenvalue weighted by Crippen LogP contribution is -2.17. The summed E-state index contributed by atoms with van der Waals surface area (Å²) >= 11 is 5.39. The van der Waals surface area contributed by atoms with Gasteiger partial charge >= 0.3 is 0 Å². The number of hydrogen-bond acceptors (Lipinski definition) is 4. The zero-order valence-electron chi connectivity index (χ0n) is 10.3.